The predicted molar refractivity (Wildman–Crippen MR) is 81.5 cm³/mol. The quantitative estimate of drug-likeness (QED) is 0.909. The fourth-order valence-corrected chi connectivity index (χ4v) is 2.62. The van der Waals surface area contributed by atoms with Gasteiger partial charge in [-0.15, -0.1) is 0 Å². The standard InChI is InChI=1S/C17H23NO3/c1-10-6-7-12-9-13(15(19)14(12)8-10)11(2)18-16(20)21-17(3,4)5/h6-8,11,13H,9H2,1-5H3,(H,18,20). The molecule has 114 valence electrons. The van der Waals surface area contributed by atoms with Gasteiger partial charge in [0.25, 0.3) is 0 Å². The maximum atomic E-state index is 12.5. The Hall–Kier alpha value is -1.84. The van der Waals surface area contributed by atoms with E-state index in [-0.39, 0.29) is 17.7 Å². The van der Waals surface area contributed by atoms with Crippen LogP contribution in [-0.2, 0) is 11.2 Å². The van der Waals surface area contributed by atoms with Crippen molar-refractivity contribution in [1.82, 2.24) is 5.32 Å². The summed E-state index contributed by atoms with van der Waals surface area (Å²) in [5.41, 5.74) is 2.39. The van der Waals surface area contributed by atoms with Crippen LogP contribution in [-0.4, -0.2) is 23.5 Å². The second-order valence-corrected chi connectivity index (χ2v) is 6.77. The molecule has 2 rings (SSSR count). The minimum Gasteiger partial charge on any atom is -0.444 e. The number of hydrogen-bond acceptors (Lipinski definition) is 3. The molecular formula is C17H23NO3. The van der Waals surface area contributed by atoms with E-state index in [4.69, 9.17) is 4.74 Å². The van der Waals surface area contributed by atoms with Crippen LogP contribution in [0.25, 0.3) is 0 Å². The third kappa shape index (κ3) is 3.63. The predicted octanol–water partition coefficient (Wildman–Crippen LogP) is 3.26. The molecule has 2 unspecified atom stereocenters. The van der Waals surface area contributed by atoms with Crippen LogP contribution in [0.4, 0.5) is 4.79 Å². The van der Waals surface area contributed by atoms with Gasteiger partial charge < -0.3 is 10.1 Å². The number of carbonyl (C=O) groups is 2. The zero-order chi connectivity index (χ0) is 15.8. The first-order valence-corrected chi connectivity index (χ1v) is 7.30. The first-order chi connectivity index (χ1) is 9.67. The van der Waals surface area contributed by atoms with Crippen LogP contribution in [0.15, 0.2) is 18.2 Å². The molecular weight excluding hydrogens is 266 g/mol. The maximum absolute atomic E-state index is 12.5. The van der Waals surface area contributed by atoms with Crippen LogP contribution in [0, 0.1) is 12.8 Å². The first-order valence-electron chi connectivity index (χ1n) is 7.30. The Morgan fingerprint density at radius 3 is 2.67 bits per heavy atom. The van der Waals surface area contributed by atoms with Crippen LogP contribution in [0.3, 0.4) is 0 Å². The third-order valence-electron chi connectivity index (χ3n) is 3.66. The molecule has 1 N–H and O–H groups in total. The molecule has 0 radical (unpaired) electrons. The summed E-state index contributed by atoms with van der Waals surface area (Å²) in [4.78, 5) is 24.3. The van der Waals surface area contributed by atoms with Crippen LogP contribution in [0.5, 0.6) is 0 Å². The van der Waals surface area contributed by atoms with Crippen LogP contribution < -0.4 is 5.32 Å². The number of amides is 1. The van der Waals surface area contributed by atoms with Crippen molar-refractivity contribution in [2.45, 2.75) is 52.7 Å². The second kappa shape index (κ2) is 5.51. The van der Waals surface area contributed by atoms with E-state index in [1.807, 2.05) is 52.8 Å². The molecule has 4 heteroatoms. The summed E-state index contributed by atoms with van der Waals surface area (Å²) in [6.45, 7) is 9.28. The summed E-state index contributed by atoms with van der Waals surface area (Å²) in [6.07, 6.45) is 0.195. The summed E-state index contributed by atoms with van der Waals surface area (Å²) in [7, 11) is 0. The summed E-state index contributed by atoms with van der Waals surface area (Å²) in [5.74, 6) is -0.105. The molecule has 1 amide bonds. The number of ketones is 1. The third-order valence-corrected chi connectivity index (χ3v) is 3.66. The summed E-state index contributed by atoms with van der Waals surface area (Å²) in [6, 6.07) is 5.70. The molecule has 21 heavy (non-hydrogen) atoms. The van der Waals surface area contributed by atoms with E-state index >= 15 is 0 Å². The highest BCUT2D eigenvalue weighted by atomic mass is 16.6. The van der Waals surface area contributed by atoms with Crippen LogP contribution in [0.2, 0.25) is 0 Å². The molecule has 1 aliphatic carbocycles. The van der Waals surface area contributed by atoms with Crippen LogP contribution >= 0.6 is 0 Å². The molecule has 0 spiro atoms. The number of hydrogen-bond donors (Lipinski definition) is 1. The number of aryl methyl sites for hydroxylation is 1. The molecule has 4 nitrogen and oxygen atoms in total. The minimum atomic E-state index is -0.538. The van der Waals surface area contributed by atoms with Gasteiger partial charge in [-0.3, -0.25) is 4.79 Å². The lowest BCUT2D eigenvalue weighted by molar-refractivity contribution is 0.0492. The van der Waals surface area contributed by atoms with Gasteiger partial charge in [-0.05, 0) is 52.7 Å². The molecule has 0 fully saturated rings. The summed E-state index contributed by atoms with van der Waals surface area (Å²) >= 11 is 0. The topological polar surface area (TPSA) is 55.4 Å². The molecule has 0 saturated heterocycles. The van der Waals surface area contributed by atoms with E-state index in [0.29, 0.717) is 6.42 Å². The highest BCUT2D eigenvalue weighted by Crippen LogP contribution is 2.29. The van der Waals surface area contributed by atoms with E-state index in [1.54, 1.807) is 0 Å². The zero-order valence-electron chi connectivity index (χ0n) is 13.3. The van der Waals surface area contributed by atoms with Crippen molar-refractivity contribution in [3.63, 3.8) is 0 Å². The minimum absolute atomic E-state index is 0.109. The summed E-state index contributed by atoms with van der Waals surface area (Å²) < 4.78 is 5.24. The lowest BCUT2D eigenvalue weighted by Crippen LogP contribution is -2.43. The van der Waals surface area contributed by atoms with Gasteiger partial charge in [-0.2, -0.15) is 0 Å². The fraction of sp³-hybridized carbons (Fsp3) is 0.529. The Balaban J connectivity index is 2.04. The van der Waals surface area contributed by atoms with Gasteiger partial charge in [0.1, 0.15) is 5.60 Å². The fourth-order valence-electron chi connectivity index (χ4n) is 2.62. The van der Waals surface area contributed by atoms with E-state index < -0.39 is 11.7 Å². The Morgan fingerprint density at radius 2 is 2.05 bits per heavy atom. The Labute approximate surface area is 125 Å². The van der Waals surface area contributed by atoms with Gasteiger partial charge in [-0.1, -0.05) is 17.7 Å². The highest BCUT2D eigenvalue weighted by molar-refractivity contribution is 6.03. The molecule has 1 aliphatic rings. The number of rotatable bonds is 2. The van der Waals surface area contributed by atoms with E-state index in [9.17, 15) is 9.59 Å². The van der Waals surface area contributed by atoms with Gasteiger partial charge >= 0.3 is 6.09 Å². The van der Waals surface area contributed by atoms with Gasteiger partial charge in [0.05, 0.1) is 0 Å². The summed E-state index contributed by atoms with van der Waals surface area (Å²) in [5, 5.41) is 2.78. The van der Waals surface area contributed by atoms with E-state index in [1.165, 1.54) is 0 Å². The van der Waals surface area contributed by atoms with Crippen molar-refractivity contribution >= 4 is 11.9 Å². The second-order valence-electron chi connectivity index (χ2n) is 6.77. The number of benzene rings is 1. The lowest BCUT2D eigenvalue weighted by atomic mass is 9.97. The molecule has 0 bridgehead atoms. The highest BCUT2D eigenvalue weighted by Gasteiger charge is 2.35. The van der Waals surface area contributed by atoms with Crippen molar-refractivity contribution < 1.29 is 14.3 Å². The number of ether oxygens (including phenoxy) is 1. The van der Waals surface area contributed by atoms with Gasteiger partial charge in [0.15, 0.2) is 5.78 Å². The molecule has 0 saturated carbocycles. The molecule has 2 atom stereocenters. The van der Waals surface area contributed by atoms with Gasteiger partial charge in [-0.25, -0.2) is 4.79 Å². The number of alkyl carbamates (subject to hydrolysis) is 1. The van der Waals surface area contributed by atoms with Gasteiger partial charge in [0, 0.05) is 17.5 Å². The van der Waals surface area contributed by atoms with E-state index in [2.05, 4.69) is 5.32 Å². The Morgan fingerprint density at radius 1 is 1.38 bits per heavy atom. The smallest absolute Gasteiger partial charge is 0.407 e. The number of Topliss-reactive ketones (excluding diaryl/α,β-unsaturated/α-hetero) is 1. The van der Waals surface area contributed by atoms with E-state index in [0.717, 1.165) is 16.7 Å². The molecule has 1 aromatic rings. The average Bonchev–Trinajstić information content (AvgIpc) is 2.64. The van der Waals surface area contributed by atoms with Crippen LogP contribution in [0.1, 0.15) is 49.2 Å². The number of fused-ring (bicyclic) bond motifs is 1. The van der Waals surface area contributed by atoms with Crippen molar-refractivity contribution in [2.75, 3.05) is 0 Å². The molecule has 0 aromatic heterocycles. The number of nitrogens with one attached hydrogen (secondary N) is 1. The van der Waals surface area contributed by atoms with Crippen molar-refractivity contribution in [1.29, 1.82) is 0 Å². The average molecular weight is 289 g/mol. The molecule has 0 aliphatic heterocycles. The van der Waals surface area contributed by atoms with Crippen molar-refractivity contribution in [3.05, 3.63) is 34.9 Å². The van der Waals surface area contributed by atoms with Gasteiger partial charge in [0.2, 0.25) is 0 Å². The zero-order valence-corrected chi connectivity index (χ0v) is 13.3. The largest absolute Gasteiger partial charge is 0.444 e. The SMILES string of the molecule is Cc1ccc2c(c1)C(=O)C(C(C)NC(=O)OC(C)(C)C)C2. The van der Waals surface area contributed by atoms with Crippen molar-refractivity contribution in [3.8, 4) is 0 Å². The molecule has 0 heterocycles. The monoisotopic (exact) mass is 289 g/mol. The Bertz CT molecular complexity index is 572. The maximum Gasteiger partial charge on any atom is 0.407 e. The number of carbonyl (C=O) groups excluding carboxylic acids is 2. The first kappa shape index (κ1) is 15.5. The lowest BCUT2D eigenvalue weighted by Gasteiger charge is -2.24. The molecule has 1 aromatic carbocycles. The Kier molecular flexibility index (Phi) is 4.08. The van der Waals surface area contributed by atoms with Crippen molar-refractivity contribution in [2.24, 2.45) is 5.92 Å². The normalized spacial score (nSPS) is 19.1.